The van der Waals surface area contributed by atoms with Gasteiger partial charge in [-0.15, -0.1) is 11.8 Å². The Labute approximate surface area is 116 Å². The first kappa shape index (κ1) is 14.0. The number of sulfonamides is 1. The molecule has 0 unspecified atom stereocenters. The molecule has 0 radical (unpaired) electrons. The standard InChI is InChI=1S/C12H14N2O3S2/c1-8-11(18-7-10-3-2-4-17-10)5-9(13)6-12(8)19(14,15)16/h2-6H,7,13H2,1H3,(H2,14,15,16). The van der Waals surface area contributed by atoms with E-state index in [9.17, 15) is 8.42 Å². The number of nitrogen functional groups attached to an aromatic ring is 1. The highest BCUT2D eigenvalue weighted by atomic mass is 32.2. The maximum absolute atomic E-state index is 11.5. The number of anilines is 1. The molecule has 0 saturated heterocycles. The summed E-state index contributed by atoms with van der Waals surface area (Å²) in [5, 5.41) is 5.18. The van der Waals surface area contributed by atoms with Crippen molar-refractivity contribution in [3.05, 3.63) is 41.9 Å². The van der Waals surface area contributed by atoms with E-state index in [1.54, 1.807) is 25.3 Å². The smallest absolute Gasteiger partial charge is 0.238 e. The summed E-state index contributed by atoms with van der Waals surface area (Å²) in [6.07, 6.45) is 1.60. The normalized spacial score (nSPS) is 11.7. The van der Waals surface area contributed by atoms with Gasteiger partial charge in [0.05, 0.1) is 16.9 Å². The van der Waals surface area contributed by atoms with E-state index in [2.05, 4.69) is 0 Å². The van der Waals surface area contributed by atoms with Crippen LogP contribution in [-0.2, 0) is 15.8 Å². The lowest BCUT2D eigenvalue weighted by Crippen LogP contribution is -2.14. The molecule has 102 valence electrons. The number of thioether (sulfide) groups is 1. The monoisotopic (exact) mass is 298 g/mol. The average molecular weight is 298 g/mol. The van der Waals surface area contributed by atoms with Crippen LogP contribution in [0.3, 0.4) is 0 Å². The number of nitrogens with two attached hydrogens (primary N) is 2. The van der Waals surface area contributed by atoms with Crippen LogP contribution in [0.5, 0.6) is 0 Å². The Balaban J connectivity index is 2.33. The third-order valence-corrected chi connectivity index (χ3v) is 4.79. The summed E-state index contributed by atoms with van der Waals surface area (Å²) in [6.45, 7) is 1.71. The molecule has 0 saturated carbocycles. The minimum absolute atomic E-state index is 0.0643. The Hall–Kier alpha value is -1.44. The van der Waals surface area contributed by atoms with Crippen molar-refractivity contribution in [1.29, 1.82) is 0 Å². The number of hydrogen-bond donors (Lipinski definition) is 2. The van der Waals surface area contributed by atoms with E-state index in [1.165, 1.54) is 17.8 Å². The molecule has 7 heteroatoms. The van der Waals surface area contributed by atoms with Crippen molar-refractivity contribution in [1.82, 2.24) is 0 Å². The van der Waals surface area contributed by atoms with Gasteiger partial charge in [-0.25, -0.2) is 13.6 Å². The first-order chi connectivity index (χ1) is 8.88. The number of primary sulfonamides is 1. The molecule has 1 heterocycles. The highest BCUT2D eigenvalue weighted by Crippen LogP contribution is 2.31. The second kappa shape index (κ2) is 5.28. The summed E-state index contributed by atoms with van der Waals surface area (Å²) < 4.78 is 28.2. The lowest BCUT2D eigenvalue weighted by Gasteiger charge is -2.10. The molecular formula is C12H14N2O3S2. The summed E-state index contributed by atoms with van der Waals surface area (Å²) in [7, 11) is -3.77. The number of rotatable bonds is 4. The van der Waals surface area contributed by atoms with Crippen molar-refractivity contribution >= 4 is 27.5 Å². The molecule has 0 fully saturated rings. The minimum Gasteiger partial charge on any atom is -0.468 e. The van der Waals surface area contributed by atoms with Crippen molar-refractivity contribution < 1.29 is 12.8 Å². The summed E-state index contributed by atoms with van der Waals surface area (Å²) in [5.41, 5.74) is 6.69. The van der Waals surface area contributed by atoms with Crippen molar-refractivity contribution in [3.8, 4) is 0 Å². The fraction of sp³-hybridized carbons (Fsp3) is 0.167. The van der Waals surface area contributed by atoms with Crippen LogP contribution in [0, 0.1) is 6.92 Å². The molecule has 19 heavy (non-hydrogen) atoms. The Kier molecular flexibility index (Phi) is 3.88. The van der Waals surface area contributed by atoms with E-state index in [1.807, 2.05) is 6.07 Å². The molecule has 0 atom stereocenters. The van der Waals surface area contributed by atoms with E-state index in [-0.39, 0.29) is 4.90 Å². The van der Waals surface area contributed by atoms with E-state index in [4.69, 9.17) is 15.3 Å². The van der Waals surface area contributed by atoms with Gasteiger partial charge in [-0.3, -0.25) is 0 Å². The van der Waals surface area contributed by atoms with E-state index < -0.39 is 10.0 Å². The Morgan fingerprint density at radius 1 is 1.37 bits per heavy atom. The molecule has 0 spiro atoms. The molecular weight excluding hydrogens is 284 g/mol. The summed E-state index contributed by atoms with van der Waals surface area (Å²) in [5.74, 6) is 1.41. The quantitative estimate of drug-likeness (QED) is 0.665. The molecule has 1 aromatic heterocycles. The van der Waals surface area contributed by atoms with Gasteiger partial charge in [-0.05, 0) is 36.8 Å². The molecule has 5 nitrogen and oxygen atoms in total. The van der Waals surface area contributed by atoms with Crippen LogP contribution < -0.4 is 10.9 Å². The SMILES string of the molecule is Cc1c(SCc2ccco2)cc(N)cc1S(N)(=O)=O. The van der Waals surface area contributed by atoms with Gasteiger partial charge in [0.1, 0.15) is 5.76 Å². The van der Waals surface area contributed by atoms with Crippen LogP contribution >= 0.6 is 11.8 Å². The van der Waals surface area contributed by atoms with Crippen LogP contribution in [0.1, 0.15) is 11.3 Å². The van der Waals surface area contributed by atoms with Gasteiger partial charge >= 0.3 is 0 Å². The van der Waals surface area contributed by atoms with E-state index in [0.29, 0.717) is 17.0 Å². The highest BCUT2D eigenvalue weighted by Gasteiger charge is 2.16. The number of hydrogen-bond acceptors (Lipinski definition) is 5. The second-order valence-electron chi connectivity index (χ2n) is 4.06. The van der Waals surface area contributed by atoms with Gasteiger partial charge in [0.2, 0.25) is 10.0 Å². The van der Waals surface area contributed by atoms with Crippen LogP contribution in [0.15, 0.2) is 44.7 Å². The Morgan fingerprint density at radius 2 is 2.11 bits per heavy atom. The fourth-order valence-electron chi connectivity index (χ4n) is 1.67. The fourth-order valence-corrected chi connectivity index (χ4v) is 3.58. The molecule has 0 aliphatic rings. The zero-order chi connectivity index (χ0) is 14.0. The zero-order valence-corrected chi connectivity index (χ0v) is 11.9. The molecule has 0 aliphatic heterocycles. The van der Waals surface area contributed by atoms with Gasteiger partial charge in [0, 0.05) is 10.6 Å². The Morgan fingerprint density at radius 3 is 2.68 bits per heavy atom. The molecule has 4 N–H and O–H groups in total. The molecule has 0 bridgehead atoms. The maximum Gasteiger partial charge on any atom is 0.238 e. The number of benzene rings is 1. The maximum atomic E-state index is 11.5. The lowest BCUT2D eigenvalue weighted by atomic mass is 10.2. The van der Waals surface area contributed by atoms with Crippen LogP contribution in [0.25, 0.3) is 0 Å². The van der Waals surface area contributed by atoms with Gasteiger partial charge in [-0.2, -0.15) is 0 Å². The minimum atomic E-state index is -3.77. The van der Waals surface area contributed by atoms with Gasteiger partial charge in [-0.1, -0.05) is 0 Å². The second-order valence-corrected chi connectivity index (χ2v) is 6.60. The Bertz CT molecular complexity index is 679. The topological polar surface area (TPSA) is 99.3 Å². The number of furan rings is 1. The third-order valence-electron chi connectivity index (χ3n) is 2.59. The van der Waals surface area contributed by atoms with Gasteiger partial charge in [0.15, 0.2) is 0 Å². The highest BCUT2D eigenvalue weighted by molar-refractivity contribution is 7.98. The predicted molar refractivity (Wildman–Crippen MR) is 75.2 cm³/mol. The molecule has 0 aliphatic carbocycles. The van der Waals surface area contributed by atoms with Crippen molar-refractivity contribution in [2.45, 2.75) is 22.5 Å². The largest absolute Gasteiger partial charge is 0.468 e. The van der Waals surface area contributed by atoms with Crippen LogP contribution in [0.4, 0.5) is 5.69 Å². The molecule has 2 rings (SSSR count). The predicted octanol–water partition coefficient (Wildman–Crippen LogP) is 2.11. The van der Waals surface area contributed by atoms with Crippen LogP contribution in [0.2, 0.25) is 0 Å². The van der Waals surface area contributed by atoms with Crippen molar-refractivity contribution in [3.63, 3.8) is 0 Å². The molecule has 1 aromatic carbocycles. The van der Waals surface area contributed by atoms with Crippen LogP contribution in [-0.4, -0.2) is 8.42 Å². The third kappa shape index (κ3) is 3.31. The van der Waals surface area contributed by atoms with E-state index in [0.717, 1.165) is 10.7 Å². The molecule has 2 aromatic rings. The average Bonchev–Trinajstić information content (AvgIpc) is 2.81. The van der Waals surface area contributed by atoms with Crippen molar-refractivity contribution in [2.75, 3.05) is 5.73 Å². The zero-order valence-electron chi connectivity index (χ0n) is 10.3. The van der Waals surface area contributed by atoms with Crippen molar-refractivity contribution in [2.24, 2.45) is 5.14 Å². The summed E-state index contributed by atoms with van der Waals surface area (Å²) in [4.78, 5) is 0.842. The summed E-state index contributed by atoms with van der Waals surface area (Å²) >= 11 is 1.46. The van der Waals surface area contributed by atoms with Gasteiger partial charge in [0.25, 0.3) is 0 Å². The molecule has 0 amide bonds. The summed E-state index contributed by atoms with van der Waals surface area (Å²) in [6, 6.07) is 6.77. The van der Waals surface area contributed by atoms with Gasteiger partial charge < -0.3 is 10.2 Å². The lowest BCUT2D eigenvalue weighted by molar-refractivity contribution is 0.530. The van der Waals surface area contributed by atoms with E-state index >= 15 is 0 Å². The first-order valence-corrected chi connectivity index (χ1v) is 7.99. The first-order valence-electron chi connectivity index (χ1n) is 5.46.